The maximum absolute atomic E-state index is 12.6. The lowest BCUT2D eigenvalue weighted by Gasteiger charge is -2.04. The number of hydrogen-bond donors (Lipinski definition) is 0. The Morgan fingerprint density at radius 3 is 2.13 bits per heavy atom. The van der Waals surface area contributed by atoms with Gasteiger partial charge in [-0.1, -0.05) is 0 Å². The maximum Gasteiger partial charge on any atom is 0.131 e. The minimum atomic E-state index is -0.443. The van der Waals surface area contributed by atoms with E-state index in [0.29, 0.717) is 11.5 Å². The smallest absolute Gasteiger partial charge is 0.131 e. The molecule has 3 heteroatoms. The highest BCUT2D eigenvalue weighted by Gasteiger charge is 1.98. The van der Waals surface area contributed by atoms with Crippen molar-refractivity contribution >= 4 is 0 Å². The van der Waals surface area contributed by atoms with Gasteiger partial charge in [0, 0.05) is 6.07 Å². The second kappa shape index (κ2) is 4.09. The summed E-state index contributed by atoms with van der Waals surface area (Å²) in [4.78, 5) is 0. The number of rotatable bonds is 2. The summed E-state index contributed by atoms with van der Waals surface area (Å²) in [5, 5.41) is 0. The summed E-state index contributed by atoms with van der Waals surface area (Å²) in [6.07, 6.45) is 0. The molecule has 2 aromatic rings. The van der Waals surface area contributed by atoms with Crippen LogP contribution in [0, 0.1) is 17.7 Å². The van der Waals surface area contributed by atoms with Gasteiger partial charge in [-0.3, -0.25) is 0 Å². The summed E-state index contributed by atoms with van der Waals surface area (Å²) >= 11 is 0. The van der Waals surface area contributed by atoms with Gasteiger partial charge >= 0.3 is 0 Å². The first-order valence-electron chi connectivity index (χ1n) is 4.35. The Balaban J connectivity index is 2.15. The average molecular weight is 205 g/mol. The summed E-state index contributed by atoms with van der Waals surface area (Å²) < 4.78 is 30.4. The molecule has 0 atom stereocenters. The van der Waals surface area contributed by atoms with Crippen LogP contribution in [-0.4, -0.2) is 0 Å². The van der Waals surface area contributed by atoms with Crippen molar-refractivity contribution < 1.29 is 13.5 Å². The molecule has 0 saturated heterocycles. The molecule has 0 fully saturated rings. The van der Waals surface area contributed by atoms with Crippen LogP contribution in [0.3, 0.4) is 0 Å². The van der Waals surface area contributed by atoms with E-state index in [1.807, 2.05) is 0 Å². The highest BCUT2D eigenvalue weighted by Crippen LogP contribution is 2.21. The Hall–Kier alpha value is -1.90. The Kier molecular flexibility index (Phi) is 2.63. The van der Waals surface area contributed by atoms with E-state index in [2.05, 4.69) is 6.07 Å². The third kappa shape index (κ3) is 2.53. The first-order valence-corrected chi connectivity index (χ1v) is 4.35. The van der Waals surface area contributed by atoms with Crippen molar-refractivity contribution in [3.8, 4) is 11.5 Å². The van der Waals surface area contributed by atoms with E-state index in [4.69, 9.17) is 4.74 Å². The zero-order valence-electron chi connectivity index (χ0n) is 7.71. The summed E-state index contributed by atoms with van der Waals surface area (Å²) in [6.45, 7) is 0. The molecule has 0 saturated carbocycles. The van der Waals surface area contributed by atoms with E-state index < -0.39 is 5.82 Å². The summed E-state index contributed by atoms with van der Waals surface area (Å²) in [5.41, 5.74) is 0. The molecule has 0 amide bonds. The quantitative estimate of drug-likeness (QED) is 0.728. The second-order valence-corrected chi connectivity index (χ2v) is 2.93. The van der Waals surface area contributed by atoms with Crippen LogP contribution in [0.2, 0.25) is 0 Å². The minimum absolute atomic E-state index is 0.326. The molecule has 0 aromatic heterocycles. The van der Waals surface area contributed by atoms with E-state index >= 15 is 0 Å². The standard InChI is InChI=1S/C12H7F2O/c13-9-1-5-11(6-2-9)15-12-7-3-10(14)4-8-12/h1-3,5-8H. The van der Waals surface area contributed by atoms with E-state index in [-0.39, 0.29) is 5.82 Å². The second-order valence-electron chi connectivity index (χ2n) is 2.93. The third-order valence-electron chi connectivity index (χ3n) is 1.80. The fraction of sp³-hybridized carbons (Fsp3) is 0. The van der Waals surface area contributed by atoms with Crippen LogP contribution in [0.1, 0.15) is 0 Å². The van der Waals surface area contributed by atoms with E-state index in [1.165, 1.54) is 42.5 Å². The van der Waals surface area contributed by atoms with Gasteiger partial charge in [0.25, 0.3) is 0 Å². The lowest BCUT2D eigenvalue weighted by Crippen LogP contribution is -1.84. The molecule has 0 unspecified atom stereocenters. The van der Waals surface area contributed by atoms with Crippen molar-refractivity contribution in [3.63, 3.8) is 0 Å². The maximum atomic E-state index is 12.6. The monoisotopic (exact) mass is 205 g/mol. The van der Waals surface area contributed by atoms with Crippen molar-refractivity contribution in [2.45, 2.75) is 0 Å². The number of ether oxygens (including phenoxy) is 1. The molecule has 0 heterocycles. The zero-order chi connectivity index (χ0) is 10.7. The lowest BCUT2D eigenvalue weighted by molar-refractivity contribution is 0.478. The van der Waals surface area contributed by atoms with Gasteiger partial charge in [0.2, 0.25) is 0 Å². The number of benzene rings is 2. The Morgan fingerprint density at radius 2 is 1.53 bits per heavy atom. The Morgan fingerprint density at radius 1 is 0.867 bits per heavy atom. The topological polar surface area (TPSA) is 9.23 Å². The van der Waals surface area contributed by atoms with Crippen LogP contribution in [0.15, 0.2) is 42.5 Å². The fourth-order valence-corrected chi connectivity index (χ4v) is 1.09. The van der Waals surface area contributed by atoms with E-state index in [1.54, 1.807) is 0 Å². The zero-order valence-corrected chi connectivity index (χ0v) is 7.71. The Labute approximate surface area is 85.9 Å². The summed E-state index contributed by atoms with van der Waals surface area (Å²) in [6, 6.07) is 12.1. The van der Waals surface area contributed by atoms with Crippen molar-refractivity contribution in [3.05, 3.63) is 60.2 Å². The van der Waals surface area contributed by atoms with Gasteiger partial charge in [-0.15, -0.1) is 0 Å². The predicted molar refractivity (Wildman–Crippen MR) is 51.7 cm³/mol. The van der Waals surface area contributed by atoms with Crippen LogP contribution in [-0.2, 0) is 0 Å². The molecule has 75 valence electrons. The first kappa shape index (κ1) is 9.65. The van der Waals surface area contributed by atoms with Crippen molar-refractivity contribution in [2.75, 3.05) is 0 Å². The first-order chi connectivity index (χ1) is 7.24. The largest absolute Gasteiger partial charge is 0.457 e. The fourth-order valence-electron chi connectivity index (χ4n) is 1.09. The van der Waals surface area contributed by atoms with Crippen LogP contribution in [0.4, 0.5) is 8.78 Å². The average Bonchev–Trinajstić information content (AvgIpc) is 2.25. The molecule has 2 aromatic carbocycles. The third-order valence-corrected chi connectivity index (χ3v) is 1.80. The van der Waals surface area contributed by atoms with Crippen molar-refractivity contribution in [1.29, 1.82) is 0 Å². The Bertz CT molecular complexity index is 391. The van der Waals surface area contributed by atoms with Crippen LogP contribution >= 0.6 is 0 Å². The molecular weight excluding hydrogens is 198 g/mol. The van der Waals surface area contributed by atoms with Gasteiger partial charge in [-0.25, -0.2) is 8.78 Å². The SMILES string of the molecule is Fc1[c]cc(Oc2ccc(F)cc2)cc1. The molecular formula is C12H7F2O. The van der Waals surface area contributed by atoms with Crippen molar-refractivity contribution in [2.24, 2.45) is 0 Å². The molecule has 1 radical (unpaired) electrons. The molecule has 0 spiro atoms. The lowest BCUT2D eigenvalue weighted by atomic mass is 10.3. The molecule has 0 aliphatic carbocycles. The van der Waals surface area contributed by atoms with Gasteiger partial charge < -0.3 is 4.74 Å². The van der Waals surface area contributed by atoms with Gasteiger partial charge in [-0.2, -0.15) is 0 Å². The van der Waals surface area contributed by atoms with Crippen LogP contribution in [0.25, 0.3) is 0 Å². The molecule has 0 bridgehead atoms. The van der Waals surface area contributed by atoms with E-state index in [9.17, 15) is 8.78 Å². The van der Waals surface area contributed by atoms with Crippen molar-refractivity contribution in [1.82, 2.24) is 0 Å². The molecule has 0 aliphatic heterocycles. The molecule has 15 heavy (non-hydrogen) atoms. The number of halogens is 2. The molecule has 0 N–H and O–H groups in total. The normalized spacial score (nSPS) is 10.0. The summed E-state index contributed by atoms with van der Waals surface area (Å²) in [7, 11) is 0. The summed E-state index contributed by atoms with van der Waals surface area (Å²) in [5.74, 6) is 0.189. The molecule has 0 aliphatic rings. The number of hydrogen-bond acceptors (Lipinski definition) is 1. The van der Waals surface area contributed by atoms with Gasteiger partial charge in [0.15, 0.2) is 0 Å². The van der Waals surface area contributed by atoms with E-state index in [0.717, 1.165) is 0 Å². The predicted octanol–water partition coefficient (Wildman–Crippen LogP) is 3.56. The van der Waals surface area contributed by atoms with Gasteiger partial charge in [-0.05, 0) is 42.5 Å². The van der Waals surface area contributed by atoms with Crippen LogP contribution < -0.4 is 4.74 Å². The van der Waals surface area contributed by atoms with Gasteiger partial charge in [0.05, 0.1) is 0 Å². The highest BCUT2D eigenvalue weighted by molar-refractivity contribution is 5.30. The highest BCUT2D eigenvalue weighted by atomic mass is 19.1. The van der Waals surface area contributed by atoms with Crippen LogP contribution in [0.5, 0.6) is 11.5 Å². The minimum Gasteiger partial charge on any atom is -0.457 e. The van der Waals surface area contributed by atoms with Gasteiger partial charge in [0.1, 0.15) is 23.1 Å². The molecule has 2 rings (SSSR count). The molecule has 1 nitrogen and oxygen atoms in total.